The fourth-order valence-corrected chi connectivity index (χ4v) is 5.21. The van der Waals surface area contributed by atoms with Crippen molar-refractivity contribution < 1.29 is 31.7 Å². The summed E-state index contributed by atoms with van der Waals surface area (Å²) in [5, 5.41) is 2.52. The molecule has 1 saturated heterocycles. The third-order valence-corrected chi connectivity index (χ3v) is 7.78. The number of carbonyl (C=O) groups is 3. The molecule has 206 valence electrons. The van der Waals surface area contributed by atoms with Gasteiger partial charge in [0.1, 0.15) is 10.5 Å². The quantitative estimate of drug-likeness (QED) is 0.170. The SMILES string of the molecule is C=CCc1cc(/C=C2\C(=O)NC(=O)N(c3cccc(Cl)c3C)C2=O)cc(OC)c1OS(=O)(=O)c1ccc(C)cc1. The number of hydrogen-bond acceptors (Lipinski definition) is 7. The Kier molecular flexibility index (Phi) is 8.13. The fraction of sp³-hybridized carbons (Fsp3) is 0.138. The van der Waals surface area contributed by atoms with Crippen molar-refractivity contribution >= 4 is 51.3 Å². The number of hydrogen-bond donors (Lipinski definition) is 1. The Balaban J connectivity index is 1.78. The third kappa shape index (κ3) is 5.63. The second-order valence-corrected chi connectivity index (χ2v) is 10.9. The van der Waals surface area contributed by atoms with Crippen molar-refractivity contribution in [3.05, 3.63) is 100 Å². The fourth-order valence-electron chi connectivity index (χ4n) is 4.06. The van der Waals surface area contributed by atoms with Crippen LogP contribution in [-0.4, -0.2) is 33.4 Å². The number of rotatable bonds is 8. The first-order valence-corrected chi connectivity index (χ1v) is 13.7. The van der Waals surface area contributed by atoms with Gasteiger partial charge in [0.05, 0.1) is 12.8 Å². The van der Waals surface area contributed by atoms with E-state index >= 15 is 0 Å². The van der Waals surface area contributed by atoms with Crippen LogP contribution in [0.5, 0.6) is 11.5 Å². The second-order valence-electron chi connectivity index (χ2n) is 8.90. The smallest absolute Gasteiger partial charge is 0.339 e. The molecule has 1 aliphatic heterocycles. The van der Waals surface area contributed by atoms with E-state index in [1.165, 1.54) is 43.5 Å². The molecule has 3 aromatic carbocycles. The molecule has 1 aliphatic rings. The lowest BCUT2D eigenvalue weighted by atomic mass is 10.0. The van der Waals surface area contributed by atoms with E-state index in [0.717, 1.165) is 10.5 Å². The number of aryl methyl sites for hydroxylation is 1. The first-order valence-electron chi connectivity index (χ1n) is 12.0. The van der Waals surface area contributed by atoms with Crippen LogP contribution < -0.4 is 19.1 Å². The summed E-state index contributed by atoms with van der Waals surface area (Å²) in [7, 11) is -2.89. The van der Waals surface area contributed by atoms with E-state index in [0.29, 0.717) is 21.7 Å². The van der Waals surface area contributed by atoms with E-state index in [1.54, 1.807) is 37.3 Å². The number of anilines is 1. The summed E-state index contributed by atoms with van der Waals surface area (Å²) in [5.41, 5.74) is 1.96. The summed E-state index contributed by atoms with van der Waals surface area (Å²) < 4.78 is 37.0. The van der Waals surface area contributed by atoms with E-state index in [1.807, 2.05) is 6.92 Å². The number of nitrogens with zero attached hydrogens (tertiary/aromatic N) is 1. The average molecular weight is 581 g/mol. The van der Waals surface area contributed by atoms with Gasteiger partial charge in [-0.05, 0) is 73.9 Å². The van der Waals surface area contributed by atoms with Crippen molar-refractivity contribution in [2.75, 3.05) is 12.0 Å². The maximum Gasteiger partial charge on any atom is 0.339 e. The van der Waals surface area contributed by atoms with Crippen molar-refractivity contribution in [1.82, 2.24) is 5.32 Å². The van der Waals surface area contributed by atoms with E-state index in [9.17, 15) is 22.8 Å². The Morgan fingerprint density at radius 3 is 2.40 bits per heavy atom. The average Bonchev–Trinajstić information content (AvgIpc) is 2.90. The van der Waals surface area contributed by atoms with Gasteiger partial charge in [0.2, 0.25) is 0 Å². The lowest BCUT2D eigenvalue weighted by Crippen LogP contribution is -2.54. The van der Waals surface area contributed by atoms with Gasteiger partial charge in [0, 0.05) is 10.6 Å². The summed E-state index contributed by atoms with van der Waals surface area (Å²) in [6, 6.07) is 13.0. The van der Waals surface area contributed by atoms with Crippen molar-refractivity contribution in [2.24, 2.45) is 0 Å². The van der Waals surface area contributed by atoms with Gasteiger partial charge >= 0.3 is 16.1 Å². The summed E-state index contributed by atoms with van der Waals surface area (Å²) in [5.74, 6) is -1.76. The molecule has 0 bridgehead atoms. The number of methoxy groups -OCH3 is 1. The molecule has 4 amide bonds. The van der Waals surface area contributed by atoms with E-state index in [2.05, 4.69) is 11.9 Å². The molecule has 4 rings (SSSR count). The van der Waals surface area contributed by atoms with Crippen molar-refractivity contribution in [2.45, 2.75) is 25.2 Å². The van der Waals surface area contributed by atoms with Gasteiger partial charge in [-0.25, -0.2) is 9.69 Å². The molecule has 0 aliphatic carbocycles. The zero-order valence-corrected chi connectivity index (χ0v) is 23.4. The number of ether oxygens (including phenoxy) is 1. The predicted molar refractivity (Wildman–Crippen MR) is 151 cm³/mol. The third-order valence-electron chi connectivity index (χ3n) is 6.13. The molecule has 11 heteroatoms. The van der Waals surface area contributed by atoms with Crippen LogP contribution >= 0.6 is 11.6 Å². The van der Waals surface area contributed by atoms with Gasteiger partial charge in [-0.3, -0.25) is 14.9 Å². The highest BCUT2D eigenvalue weighted by Gasteiger charge is 2.37. The first kappa shape index (κ1) is 28.6. The van der Waals surface area contributed by atoms with Gasteiger partial charge in [0.25, 0.3) is 11.8 Å². The number of benzene rings is 3. The molecule has 1 N–H and O–H groups in total. The van der Waals surface area contributed by atoms with Crippen LogP contribution in [0.15, 0.2) is 77.7 Å². The van der Waals surface area contributed by atoms with Crippen LogP contribution in [0.1, 0.15) is 22.3 Å². The normalized spacial score (nSPS) is 14.8. The largest absolute Gasteiger partial charge is 0.493 e. The standard InChI is InChI=1S/C29H25ClN2O7S/c1-5-7-20-14-19(16-25(38-4)26(20)39-40(36,37)21-12-10-17(2)11-13-21)15-22-27(33)31-29(35)32(28(22)34)24-9-6-8-23(30)18(24)3/h5-6,8-16H,1,7H2,2-4H3,(H,31,33,35)/b22-15+. The number of nitrogens with one attached hydrogen (secondary N) is 1. The molecule has 40 heavy (non-hydrogen) atoms. The number of amides is 4. The van der Waals surface area contributed by atoms with Crippen LogP contribution in [0.4, 0.5) is 10.5 Å². The molecule has 0 aromatic heterocycles. The molecule has 0 atom stereocenters. The van der Waals surface area contributed by atoms with E-state index < -0.39 is 28.0 Å². The van der Waals surface area contributed by atoms with Crippen LogP contribution in [-0.2, 0) is 26.1 Å². The Hall–Kier alpha value is -4.41. The van der Waals surface area contributed by atoms with Gasteiger partial charge in [-0.15, -0.1) is 6.58 Å². The van der Waals surface area contributed by atoms with Gasteiger partial charge in [-0.1, -0.05) is 41.4 Å². The monoisotopic (exact) mass is 580 g/mol. The topological polar surface area (TPSA) is 119 Å². The highest BCUT2D eigenvalue weighted by Crippen LogP contribution is 2.37. The first-order chi connectivity index (χ1) is 19.0. The van der Waals surface area contributed by atoms with Crippen molar-refractivity contribution in [1.29, 1.82) is 0 Å². The number of allylic oxidation sites excluding steroid dienone is 1. The minimum absolute atomic E-state index is 0.0403. The minimum Gasteiger partial charge on any atom is -0.493 e. The Labute approximate surface area is 236 Å². The molecular formula is C29H25ClN2O7S. The summed E-state index contributed by atoms with van der Waals surface area (Å²) >= 11 is 6.18. The van der Waals surface area contributed by atoms with Gasteiger partial charge < -0.3 is 8.92 Å². The highest BCUT2D eigenvalue weighted by atomic mass is 35.5. The van der Waals surface area contributed by atoms with E-state index in [4.69, 9.17) is 20.5 Å². The second kappa shape index (κ2) is 11.4. The van der Waals surface area contributed by atoms with Crippen molar-refractivity contribution in [3.8, 4) is 11.5 Å². The molecule has 9 nitrogen and oxygen atoms in total. The Morgan fingerprint density at radius 1 is 1.05 bits per heavy atom. The lowest BCUT2D eigenvalue weighted by Gasteiger charge is -2.27. The van der Waals surface area contributed by atoms with Gasteiger partial charge in [-0.2, -0.15) is 8.42 Å². The maximum atomic E-state index is 13.4. The molecule has 0 saturated carbocycles. The summed E-state index contributed by atoms with van der Waals surface area (Å²) in [4.78, 5) is 39.5. The maximum absolute atomic E-state index is 13.4. The van der Waals surface area contributed by atoms with Crippen molar-refractivity contribution in [3.63, 3.8) is 0 Å². The number of halogens is 1. The predicted octanol–water partition coefficient (Wildman–Crippen LogP) is 5.13. The number of barbiturate groups is 1. The van der Waals surface area contributed by atoms with Crippen LogP contribution in [0, 0.1) is 13.8 Å². The molecule has 0 spiro atoms. The Bertz CT molecular complexity index is 1680. The summed E-state index contributed by atoms with van der Waals surface area (Å²) in [6.45, 7) is 7.20. The summed E-state index contributed by atoms with van der Waals surface area (Å²) in [6.07, 6.45) is 3.00. The Morgan fingerprint density at radius 2 is 1.75 bits per heavy atom. The van der Waals surface area contributed by atoms with Crippen LogP contribution in [0.3, 0.4) is 0 Å². The number of urea groups is 1. The molecule has 0 radical (unpaired) electrons. The molecule has 1 fully saturated rings. The lowest BCUT2D eigenvalue weighted by molar-refractivity contribution is -0.122. The molecular weight excluding hydrogens is 556 g/mol. The van der Waals surface area contributed by atoms with Crippen LogP contribution in [0.25, 0.3) is 6.08 Å². The van der Waals surface area contributed by atoms with Crippen LogP contribution in [0.2, 0.25) is 5.02 Å². The zero-order valence-electron chi connectivity index (χ0n) is 21.9. The highest BCUT2D eigenvalue weighted by molar-refractivity contribution is 7.87. The number of carbonyl (C=O) groups excluding carboxylic acids is 3. The van der Waals surface area contributed by atoms with E-state index in [-0.39, 0.29) is 34.1 Å². The molecule has 3 aromatic rings. The zero-order chi connectivity index (χ0) is 29.2. The van der Waals surface area contributed by atoms with Gasteiger partial charge in [0.15, 0.2) is 11.5 Å². The molecule has 0 unspecified atom stereocenters. The number of imide groups is 2. The minimum atomic E-state index is -4.22. The molecule has 1 heterocycles.